The molecule has 150 valence electrons. The number of amides is 1. The lowest BCUT2D eigenvalue weighted by atomic mass is 10.2. The number of guanidine groups is 1. The fraction of sp³-hybridized carbons (Fsp3) is 0.400. The van der Waals surface area contributed by atoms with E-state index in [1.807, 2.05) is 13.0 Å². The molecule has 7 nitrogen and oxygen atoms in total. The summed E-state index contributed by atoms with van der Waals surface area (Å²) in [4.78, 5) is 20.5. The predicted molar refractivity (Wildman–Crippen MR) is 104 cm³/mol. The molecule has 1 amide bonds. The second-order valence-corrected chi connectivity index (χ2v) is 6.36. The SMILES string of the molecule is CCOc1ccc(CNC(=NC)N2CCN(C(=O)c3ccco3)CC2)cc1F. The molecule has 1 fully saturated rings. The van der Waals surface area contributed by atoms with E-state index in [1.165, 1.54) is 12.3 Å². The van der Waals surface area contributed by atoms with Crippen LogP contribution in [0.4, 0.5) is 4.39 Å². The highest BCUT2D eigenvalue weighted by Crippen LogP contribution is 2.18. The quantitative estimate of drug-likeness (QED) is 0.629. The molecule has 28 heavy (non-hydrogen) atoms. The average molecular weight is 388 g/mol. The minimum absolute atomic E-state index is 0.0996. The third-order valence-electron chi connectivity index (χ3n) is 4.56. The standard InChI is InChI=1S/C20H25FN4O3/c1-3-27-17-7-6-15(13-16(17)21)14-23-20(22-2)25-10-8-24(9-11-25)19(26)18-5-4-12-28-18/h4-7,12-13H,3,8-11,14H2,1-2H3,(H,22,23). The summed E-state index contributed by atoms with van der Waals surface area (Å²) in [5.74, 6) is 0.861. The molecule has 1 aromatic carbocycles. The molecule has 2 aromatic rings. The number of nitrogens with one attached hydrogen (secondary N) is 1. The van der Waals surface area contributed by atoms with Crippen molar-refractivity contribution in [2.75, 3.05) is 39.8 Å². The highest BCUT2D eigenvalue weighted by Gasteiger charge is 2.25. The molecule has 0 atom stereocenters. The van der Waals surface area contributed by atoms with Crippen molar-refractivity contribution in [1.82, 2.24) is 15.1 Å². The summed E-state index contributed by atoms with van der Waals surface area (Å²) in [5.41, 5.74) is 0.800. The Morgan fingerprint density at radius 2 is 2.00 bits per heavy atom. The van der Waals surface area contributed by atoms with Crippen LogP contribution in [-0.2, 0) is 6.54 Å². The number of hydrogen-bond donors (Lipinski definition) is 1. The minimum atomic E-state index is -0.374. The zero-order valence-corrected chi connectivity index (χ0v) is 16.2. The van der Waals surface area contributed by atoms with Gasteiger partial charge >= 0.3 is 0 Å². The van der Waals surface area contributed by atoms with Crippen LogP contribution in [0.5, 0.6) is 5.75 Å². The Bertz CT molecular complexity index is 815. The van der Waals surface area contributed by atoms with Crippen LogP contribution in [-0.4, -0.2) is 61.5 Å². The fourth-order valence-corrected chi connectivity index (χ4v) is 3.12. The van der Waals surface area contributed by atoms with Crippen molar-refractivity contribution in [3.63, 3.8) is 0 Å². The number of benzene rings is 1. The number of carbonyl (C=O) groups is 1. The molecular formula is C20H25FN4O3. The number of piperazine rings is 1. The summed E-state index contributed by atoms with van der Waals surface area (Å²) in [7, 11) is 1.71. The maximum Gasteiger partial charge on any atom is 0.289 e. The zero-order chi connectivity index (χ0) is 19.9. The van der Waals surface area contributed by atoms with Crippen molar-refractivity contribution in [1.29, 1.82) is 0 Å². The molecule has 3 rings (SSSR count). The predicted octanol–water partition coefficient (Wildman–Crippen LogP) is 2.35. The Morgan fingerprint density at radius 3 is 2.61 bits per heavy atom. The van der Waals surface area contributed by atoms with E-state index in [0.717, 1.165) is 11.5 Å². The Labute approximate surface area is 163 Å². The zero-order valence-electron chi connectivity index (χ0n) is 16.2. The highest BCUT2D eigenvalue weighted by atomic mass is 19.1. The Hall–Kier alpha value is -3.03. The van der Waals surface area contributed by atoms with Gasteiger partial charge in [-0.1, -0.05) is 6.07 Å². The molecule has 0 bridgehead atoms. The van der Waals surface area contributed by atoms with Gasteiger partial charge in [0.1, 0.15) is 0 Å². The van der Waals surface area contributed by atoms with E-state index in [0.29, 0.717) is 45.1 Å². The van der Waals surface area contributed by atoms with Crippen LogP contribution in [0.15, 0.2) is 46.0 Å². The van der Waals surface area contributed by atoms with Crippen molar-refractivity contribution < 1.29 is 18.3 Å². The number of aliphatic imine (C=N–C) groups is 1. The first-order valence-electron chi connectivity index (χ1n) is 9.32. The Balaban J connectivity index is 1.52. The monoisotopic (exact) mass is 388 g/mol. The molecule has 1 aliphatic rings. The number of carbonyl (C=O) groups excluding carboxylic acids is 1. The highest BCUT2D eigenvalue weighted by molar-refractivity contribution is 5.91. The number of furan rings is 1. The van der Waals surface area contributed by atoms with E-state index < -0.39 is 0 Å². The van der Waals surface area contributed by atoms with Crippen LogP contribution in [0.3, 0.4) is 0 Å². The summed E-state index contributed by atoms with van der Waals surface area (Å²) >= 11 is 0. The van der Waals surface area contributed by atoms with E-state index >= 15 is 0 Å². The smallest absolute Gasteiger partial charge is 0.289 e. The van der Waals surface area contributed by atoms with Crippen molar-refractivity contribution in [2.45, 2.75) is 13.5 Å². The van der Waals surface area contributed by atoms with Crippen LogP contribution < -0.4 is 10.1 Å². The van der Waals surface area contributed by atoms with Gasteiger partial charge in [0.05, 0.1) is 12.9 Å². The maximum absolute atomic E-state index is 14.0. The second kappa shape index (κ2) is 9.25. The largest absolute Gasteiger partial charge is 0.491 e. The summed E-state index contributed by atoms with van der Waals surface area (Å²) < 4.78 is 24.4. The van der Waals surface area contributed by atoms with Crippen molar-refractivity contribution in [3.05, 3.63) is 53.7 Å². The van der Waals surface area contributed by atoms with Gasteiger partial charge in [0.15, 0.2) is 23.3 Å². The molecule has 1 aliphatic heterocycles. The molecule has 1 aromatic heterocycles. The van der Waals surface area contributed by atoms with Gasteiger partial charge in [-0.05, 0) is 36.8 Å². The van der Waals surface area contributed by atoms with Crippen molar-refractivity contribution >= 4 is 11.9 Å². The first-order chi connectivity index (χ1) is 13.6. The van der Waals surface area contributed by atoms with Gasteiger partial charge in [0.25, 0.3) is 5.91 Å². The first-order valence-corrected chi connectivity index (χ1v) is 9.32. The molecule has 0 spiro atoms. The fourth-order valence-electron chi connectivity index (χ4n) is 3.12. The van der Waals surface area contributed by atoms with E-state index in [2.05, 4.69) is 15.2 Å². The molecule has 0 radical (unpaired) electrons. The van der Waals surface area contributed by atoms with Gasteiger partial charge in [-0.3, -0.25) is 9.79 Å². The Morgan fingerprint density at radius 1 is 1.25 bits per heavy atom. The summed E-state index contributed by atoms with van der Waals surface area (Å²) in [6.45, 7) is 5.17. The molecule has 0 saturated carbocycles. The summed E-state index contributed by atoms with van der Waals surface area (Å²) in [5, 5.41) is 3.25. The third-order valence-corrected chi connectivity index (χ3v) is 4.56. The number of hydrogen-bond acceptors (Lipinski definition) is 4. The van der Waals surface area contributed by atoms with Crippen molar-refractivity contribution in [2.24, 2.45) is 4.99 Å². The van der Waals surface area contributed by atoms with E-state index in [9.17, 15) is 9.18 Å². The average Bonchev–Trinajstić information content (AvgIpc) is 3.25. The molecule has 1 saturated heterocycles. The number of halogens is 1. The molecule has 2 heterocycles. The normalized spacial score (nSPS) is 14.9. The van der Waals surface area contributed by atoms with Gasteiger partial charge in [-0.2, -0.15) is 0 Å². The van der Waals surface area contributed by atoms with Gasteiger partial charge in [0.2, 0.25) is 0 Å². The molecule has 0 aliphatic carbocycles. The third kappa shape index (κ3) is 4.62. The van der Waals surface area contributed by atoms with E-state index in [-0.39, 0.29) is 17.5 Å². The van der Waals surface area contributed by atoms with E-state index in [1.54, 1.807) is 30.1 Å². The van der Waals surface area contributed by atoms with Gasteiger partial charge < -0.3 is 24.3 Å². The van der Waals surface area contributed by atoms with Crippen LogP contribution in [0.1, 0.15) is 23.0 Å². The van der Waals surface area contributed by atoms with Crippen LogP contribution in [0, 0.1) is 5.82 Å². The number of ether oxygens (including phenoxy) is 1. The van der Waals surface area contributed by atoms with Gasteiger partial charge in [0, 0.05) is 39.8 Å². The topological polar surface area (TPSA) is 70.3 Å². The van der Waals surface area contributed by atoms with Gasteiger partial charge in [-0.25, -0.2) is 4.39 Å². The maximum atomic E-state index is 14.0. The molecule has 1 N–H and O–H groups in total. The van der Waals surface area contributed by atoms with Crippen molar-refractivity contribution in [3.8, 4) is 5.75 Å². The lowest BCUT2D eigenvalue weighted by Gasteiger charge is -2.36. The lowest BCUT2D eigenvalue weighted by molar-refractivity contribution is 0.0657. The molecule has 0 unspecified atom stereocenters. The summed E-state index contributed by atoms with van der Waals surface area (Å²) in [6.07, 6.45) is 1.50. The van der Waals surface area contributed by atoms with Crippen LogP contribution in [0.2, 0.25) is 0 Å². The first kappa shape index (κ1) is 19.7. The second-order valence-electron chi connectivity index (χ2n) is 6.36. The minimum Gasteiger partial charge on any atom is -0.491 e. The van der Waals surface area contributed by atoms with Gasteiger partial charge in [-0.15, -0.1) is 0 Å². The summed E-state index contributed by atoms with van der Waals surface area (Å²) in [6, 6.07) is 8.31. The Kier molecular flexibility index (Phi) is 6.52. The number of nitrogens with zero attached hydrogens (tertiary/aromatic N) is 3. The van der Waals surface area contributed by atoms with Crippen LogP contribution >= 0.6 is 0 Å². The van der Waals surface area contributed by atoms with Crippen LogP contribution in [0.25, 0.3) is 0 Å². The molecule has 8 heteroatoms. The van der Waals surface area contributed by atoms with E-state index in [4.69, 9.17) is 9.15 Å². The number of rotatable bonds is 5. The molecular weight excluding hydrogens is 363 g/mol. The lowest BCUT2D eigenvalue weighted by Crippen LogP contribution is -2.53.